The fraction of sp³-hybridized carbons (Fsp3) is 0.389. The third kappa shape index (κ3) is 6.79. The number of methoxy groups -OCH3 is 2. The van der Waals surface area contributed by atoms with Crippen LogP contribution in [0.4, 0.5) is 13.2 Å². The Morgan fingerprint density at radius 1 is 1.02 bits per heavy atom. The zero-order chi connectivity index (χ0) is 33.2. The number of carbonyl (C=O) groups excluding carboxylic acids is 1. The minimum Gasteiger partial charge on any atom is -0.493 e. The summed E-state index contributed by atoms with van der Waals surface area (Å²) in [6.45, 7) is 2.27. The molecule has 0 radical (unpaired) electrons. The number of hydrogen-bond acceptors (Lipinski definition) is 7. The molecule has 0 bridgehead atoms. The summed E-state index contributed by atoms with van der Waals surface area (Å²) in [6.07, 6.45) is -1.38. The lowest BCUT2D eigenvalue weighted by Gasteiger charge is -2.33. The molecular formula is C36H39F3N4O4. The van der Waals surface area contributed by atoms with Gasteiger partial charge in [0.15, 0.2) is 11.5 Å². The van der Waals surface area contributed by atoms with Gasteiger partial charge in [-0.25, -0.2) is 4.98 Å². The Balaban J connectivity index is 1.53. The molecule has 2 fully saturated rings. The number of nitrogens with one attached hydrogen (secondary N) is 2. The first kappa shape index (κ1) is 32.7. The van der Waals surface area contributed by atoms with E-state index in [4.69, 9.17) is 14.5 Å². The molecule has 1 amide bonds. The lowest BCUT2D eigenvalue weighted by atomic mass is 9.93. The molecule has 1 saturated heterocycles. The zero-order valence-electron chi connectivity index (χ0n) is 26.5. The number of aliphatic hydroxyl groups excluding tert-OH is 1. The quantitative estimate of drug-likeness (QED) is 0.186. The van der Waals surface area contributed by atoms with Gasteiger partial charge >= 0.3 is 6.18 Å². The summed E-state index contributed by atoms with van der Waals surface area (Å²) in [5.41, 5.74) is 1.42. The van der Waals surface area contributed by atoms with Gasteiger partial charge in [0.2, 0.25) is 0 Å². The first-order valence-corrected chi connectivity index (χ1v) is 15.9. The van der Waals surface area contributed by atoms with Gasteiger partial charge in [-0.3, -0.25) is 9.69 Å². The van der Waals surface area contributed by atoms with Crippen molar-refractivity contribution < 1.29 is 32.5 Å². The van der Waals surface area contributed by atoms with Crippen molar-refractivity contribution >= 4 is 16.8 Å². The van der Waals surface area contributed by atoms with Crippen LogP contribution in [0.5, 0.6) is 11.5 Å². The summed E-state index contributed by atoms with van der Waals surface area (Å²) < 4.78 is 53.2. The van der Waals surface area contributed by atoms with Crippen LogP contribution in [-0.4, -0.2) is 67.4 Å². The highest BCUT2D eigenvalue weighted by molar-refractivity contribution is 6.11. The van der Waals surface area contributed by atoms with E-state index in [1.54, 1.807) is 18.2 Å². The Bertz CT molecular complexity index is 1740. The third-order valence-electron chi connectivity index (χ3n) is 9.23. The van der Waals surface area contributed by atoms with Gasteiger partial charge in [0, 0.05) is 35.6 Å². The van der Waals surface area contributed by atoms with Crippen LogP contribution >= 0.6 is 0 Å². The maximum Gasteiger partial charge on any atom is 0.416 e. The van der Waals surface area contributed by atoms with E-state index >= 15 is 0 Å². The fourth-order valence-corrected chi connectivity index (χ4v) is 6.61. The van der Waals surface area contributed by atoms with Gasteiger partial charge < -0.3 is 25.2 Å². The molecular weight excluding hydrogens is 609 g/mol. The summed E-state index contributed by atoms with van der Waals surface area (Å²) in [5, 5.41) is 16.4. The number of hydrogen-bond donors (Lipinski definition) is 3. The SMILES string of the molecule is COc1ccc2c(C(=O)NC3(c4ccccc4)CC3)c(CN3CCC(NCCO)CC3)c(-c3cccc(C(F)(F)F)c3)nc2c1OC. The van der Waals surface area contributed by atoms with Crippen LogP contribution in [0, 0.1) is 0 Å². The van der Waals surface area contributed by atoms with Crippen molar-refractivity contribution in [3.05, 3.63) is 89.0 Å². The van der Waals surface area contributed by atoms with E-state index in [-0.39, 0.29) is 29.8 Å². The Hall–Kier alpha value is -4.19. The number of aliphatic hydroxyl groups is 1. The van der Waals surface area contributed by atoms with E-state index in [0.29, 0.717) is 59.7 Å². The number of carbonyl (C=O) groups is 1. The van der Waals surface area contributed by atoms with E-state index in [0.717, 1.165) is 43.4 Å². The molecule has 2 aliphatic rings. The highest BCUT2D eigenvalue weighted by atomic mass is 19.4. The molecule has 0 atom stereocenters. The number of aromatic nitrogens is 1. The Kier molecular flexibility index (Phi) is 9.41. The Labute approximate surface area is 271 Å². The van der Waals surface area contributed by atoms with E-state index < -0.39 is 17.3 Å². The van der Waals surface area contributed by atoms with Crippen LogP contribution in [0.25, 0.3) is 22.2 Å². The molecule has 1 saturated carbocycles. The summed E-state index contributed by atoms with van der Waals surface area (Å²) in [4.78, 5) is 21.8. The molecule has 3 aromatic carbocycles. The first-order chi connectivity index (χ1) is 22.7. The maximum atomic E-state index is 14.6. The van der Waals surface area contributed by atoms with Crippen molar-refractivity contribution in [2.24, 2.45) is 0 Å². The number of ether oxygens (including phenoxy) is 2. The molecule has 2 heterocycles. The maximum absolute atomic E-state index is 14.6. The van der Waals surface area contributed by atoms with Gasteiger partial charge in [-0.15, -0.1) is 0 Å². The second-order valence-electron chi connectivity index (χ2n) is 12.2. The van der Waals surface area contributed by atoms with Gasteiger partial charge in [-0.05, 0) is 68.6 Å². The standard InChI is InChI=1S/C36H39F3N4O4/c1-46-29-12-11-27-30(34(45)42-35(15-16-35)24-8-4-3-5-9-24)28(22-43-18-13-26(14-19-43)40-17-20-44)31(41-32(27)33(29)47-2)23-7-6-10-25(21-23)36(37,38)39/h3-12,21,26,40,44H,13-20,22H2,1-2H3,(H,42,45). The predicted molar refractivity (Wildman–Crippen MR) is 173 cm³/mol. The Morgan fingerprint density at radius 2 is 1.77 bits per heavy atom. The number of rotatable bonds is 11. The number of likely N-dealkylation sites (tertiary alicyclic amines) is 1. The van der Waals surface area contributed by atoms with Crippen molar-refractivity contribution in [2.45, 2.75) is 50.0 Å². The number of benzene rings is 3. The number of alkyl halides is 3. The van der Waals surface area contributed by atoms with Crippen LogP contribution < -0.4 is 20.1 Å². The van der Waals surface area contributed by atoms with E-state index in [2.05, 4.69) is 15.5 Å². The van der Waals surface area contributed by atoms with E-state index in [1.165, 1.54) is 20.3 Å². The van der Waals surface area contributed by atoms with Gasteiger partial charge in [0.25, 0.3) is 5.91 Å². The van der Waals surface area contributed by atoms with Crippen molar-refractivity contribution in [3.63, 3.8) is 0 Å². The number of pyridine rings is 1. The number of halogens is 3. The second kappa shape index (κ2) is 13.5. The summed E-state index contributed by atoms with van der Waals surface area (Å²) in [5.74, 6) is 0.356. The average Bonchev–Trinajstić information content (AvgIpc) is 3.87. The van der Waals surface area contributed by atoms with Crippen molar-refractivity contribution in [1.29, 1.82) is 0 Å². The largest absolute Gasteiger partial charge is 0.493 e. The molecule has 47 heavy (non-hydrogen) atoms. The first-order valence-electron chi connectivity index (χ1n) is 15.9. The minimum atomic E-state index is -4.56. The normalized spacial score (nSPS) is 16.6. The molecule has 1 aliphatic carbocycles. The molecule has 4 aromatic rings. The molecule has 248 valence electrons. The van der Waals surface area contributed by atoms with E-state index in [1.807, 2.05) is 30.3 Å². The molecule has 6 rings (SSSR count). The third-order valence-corrected chi connectivity index (χ3v) is 9.23. The van der Waals surface area contributed by atoms with Crippen molar-refractivity contribution in [3.8, 4) is 22.8 Å². The van der Waals surface area contributed by atoms with Gasteiger partial charge in [0.05, 0.1) is 43.2 Å². The predicted octanol–water partition coefficient (Wildman–Crippen LogP) is 5.90. The number of amides is 1. The van der Waals surface area contributed by atoms with Crippen LogP contribution in [0.15, 0.2) is 66.7 Å². The molecule has 3 N–H and O–H groups in total. The Morgan fingerprint density at radius 3 is 2.40 bits per heavy atom. The monoisotopic (exact) mass is 648 g/mol. The lowest BCUT2D eigenvalue weighted by molar-refractivity contribution is -0.137. The average molecular weight is 649 g/mol. The molecule has 8 nitrogen and oxygen atoms in total. The van der Waals surface area contributed by atoms with Crippen molar-refractivity contribution in [2.75, 3.05) is 40.5 Å². The highest BCUT2D eigenvalue weighted by Crippen LogP contribution is 2.47. The van der Waals surface area contributed by atoms with Gasteiger partial charge in [-0.1, -0.05) is 42.5 Å². The topological polar surface area (TPSA) is 96.0 Å². The number of nitrogens with zero attached hydrogens (tertiary/aromatic N) is 2. The van der Waals surface area contributed by atoms with Crippen molar-refractivity contribution in [1.82, 2.24) is 20.5 Å². The molecule has 0 unspecified atom stereocenters. The minimum absolute atomic E-state index is 0.0561. The summed E-state index contributed by atoms with van der Waals surface area (Å²) in [6, 6.07) is 18.6. The molecule has 1 aliphatic heterocycles. The molecule has 11 heteroatoms. The summed E-state index contributed by atoms with van der Waals surface area (Å²) in [7, 11) is 2.97. The smallest absolute Gasteiger partial charge is 0.416 e. The van der Waals surface area contributed by atoms with Crippen LogP contribution in [-0.2, 0) is 18.3 Å². The number of piperidine rings is 1. The summed E-state index contributed by atoms with van der Waals surface area (Å²) >= 11 is 0. The van der Waals surface area contributed by atoms with Gasteiger partial charge in [-0.2, -0.15) is 13.2 Å². The van der Waals surface area contributed by atoms with E-state index in [9.17, 15) is 23.1 Å². The lowest BCUT2D eigenvalue weighted by Crippen LogP contribution is -2.43. The molecule has 1 aromatic heterocycles. The highest BCUT2D eigenvalue weighted by Gasteiger charge is 2.46. The second-order valence-corrected chi connectivity index (χ2v) is 12.2. The fourth-order valence-electron chi connectivity index (χ4n) is 6.61. The number of fused-ring (bicyclic) bond motifs is 1. The van der Waals surface area contributed by atoms with Crippen LogP contribution in [0.2, 0.25) is 0 Å². The van der Waals surface area contributed by atoms with Crippen LogP contribution in [0.1, 0.15) is 52.7 Å². The van der Waals surface area contributed by atoms with Gasteiger partial charge in [0.1, 0.15) is 5.52 Å². The molecule has 0 spiro atoms. The van der Waals surface area contributed by atoms with Crippen LogP contribution in [0.3, 0.4) is 0 Å². The zero-order valence-corrected chi connectivity index (χ0v) is 26.5.